The molecule has 5 rings (SSSR count). The molecule has 10 heteroatoms. The first-order chi connectivity index (χ1) is 15.9. The number of carbonyl (C=O) groups excluding carboxylic acids is 2. The predicted octanol–water partition coefficient (Wildman–Crippen LogP) is 5.43. The zero-order valence-electron chi connectivity index (χ0n) is 16.9. The number of amides is 2. The minimum Gasteiger partial charge on any atom is -0.508 e. The van der Waals surface area contributed by atoms with Gasteiger partial charge in [0.05, 0.1) is 27.3 Å². The van der Waals surface area contributed by atoms with Crippen LogP contribution in [0.5, 0.6) is 11.6 Å². The van der Waals surface area contributed by atoms with Crippen molar-refractivity contribution in [1.82, 2.24) is 15.6 Å². The van der Waals surface area contributed by atoms with Crippen molar-refractivity contribution >= 4 is 56.8 Å². The third kappa shape index (κ3) is 4.25. The highest BCUT2D eigenvalue weighted by Gasteiger charge is 2.35. The van der Waals surface area contributed by atoms with Gasteiger partial charge in [0.25, 0.3) is 5.91 Å². The van der Waals surface area contributed by atoms with Gasteiger partial charge in [-0.15, -0.1) is 11.3 Å². The van der Waals surface area contributed by atoms with Gasteiger partial charge in [-0.1, -0.05) is 53.5 Å². The van der Waals surface area contributed by atoms with Crippen molar-refractivity contribution < 1.29 is 19.4 Å². The molecular formula is C23H17Cl2N3O4S. The zero-order chi connectivity index (χ0) is 23.1. The smallest absolute Gasteiger partial charge is 0.414 e. The molecule has 2 amide bonds. The quantitative estimate of drug-likeness (QED) is 0.299. The Balaban J connectivity index is 1.33. The van der Waals surface area contributed by atoms with Gasteiger partial charge in [-0.2, -0.15) is 0 Å². The summed E-state index contributed by atoms with van der Waals surface area (Å²) in [6.07, 6.45) is -0.141. The van der Waals surface area contributed by atoms with Gasteiger partial charge in [0.15, 0.2) is 0 Å². The van der Waals surface area contributed by atoms with E-state index >= 15 is 0 Å². The van der Waals surface area contributed by atoms with Crippen LogP contribution in [0.2, 0.25) is 9.36 Å². The Labute approximate surface area is 202 Å². The summed E-state index contributed by atoms with van der Waals surface area (Å²) in [4.78, 5) is 28.4. The minimum atomic E-state index is -0.666. The van der Waals surface area contributed by atoms with Crippen molar-refractivity contribution in [2.45, 2.75) is 18.5 Å². The molecule has 1 aliphatic rings. The van der Waals surface area contributed by atoms with Gasteiger partial charge in [0.1, 0.15) is 10.1 Å². The molecule has 0 saturated carbocycles. The SMILES string of the molecule is O=C(N[C@H]1Cc2ccccc2[C@@H]1NC(=O)c1cccc(O)c1)Oc1cc2sc(Cl)c(Cl)c2[nH]1. The molecule has 7 nitrogen and oxygen atoms in total. The van der Waals surface area contributed by atoms with Crippen LogP contribution in [0.4, 0.5) is 4.79 Å². The molecule has 0 unspecified atom stereocenters. The first kappa shape index (κ1) is 21.6. The number of carbonyl (C=O) groups is 2. The van der Waals surface area contributed by atoms with Gasteiger partial charge in [0.2, 0.25) is 5.88 Å². The van der Waals surface area contributed by atoms with E-state index in [-0.39, 0.29) is 17.5 Å². The number of benzene rings is 2. The zero-order valence-corrected chi connectivity index (χ0v) is 19.2. The lowest BCUT2D eigenvalue weighted by Crippen LogP contribution is -2.45. The standard InChI is InChI=1S/C23H17Cl2N3O4S/c24-18-20-16(33-21(18)25)10-17(27-20)32-23(31)26-15-9-11-4-1-2-7-14(11)19(15)28-22(30)12-5-3-6-13(29)8-12/h1-8,10,15,19,27,29H,9H2,(H,26,31)(H,28,30)/t15-,19-/m0/s1. The Bertz CT molecular complexity index is 1380. The number of aromatic hydroxyl groups is 1. The monoisotopic (exact) mass is 501 g/mol. The van der Waals surface area contributed by atoms with Crippen molar-refractivity contribution in [3.63, 3.8) is 0 Å². The van der Waals surface area contributed by atoms with Gasteiger partial charge < -0.3 is 25.5 Å². The fourth-order valence-corrected chi connectivity index (χ4v) is 5.48. The molecule has 0 bridgehead atoms. The van der Waals surface area contributed by atoms with Crippen LogP contribution in [-0.2, 0) is 6.42 Å². The lowest BCUT2D eigenvalue weighted by Gasteiger charge is -2.23. The molecule has 2 heterocycles. The number of thiophene rings is 1. The minimum absolute atomic E-state index is 0.0000288. The first-order valence-electron chi connectivity index (χ1n) is 10.0. The lowest BCUT2D eigenvalue weighted by molar-refractivity contribution is 0.0928. The average Bonchev–Trinajstić information content (AvgIpc) is 3.41. The maximum atomic E-state index is 12.8. The molecule has 2 aromatic carbocycles. The van der Waals surface area contributed by atoms with E-state index < -0.39 is 18.2 Å². The number of phenols is 1. The second-order valence-corrected chi connectivity index (χ2v) is 9.64. The molecule has 33 heavy (non-hydrogen) atoms. The van der Waals surface area contributed by atoms with Crippen LogP contribution in [0.25, 0.3) is 10.2 Å². The van der Waals surface area contributed by atoms with Crippen LogP contribution in [0.15, 0.2) is 54.6 Å². The fourth-order valence-electron chi connectivity index (χ4n) is 4.01. The molecule has 168 valence electrons. The lowest BCUT2D eigenvalue weighted by atomic mass is 10.1. The summed E-state index contributed by atoms with van der Waals surface area (Å²) < 4.78 is 6.66. The predicted molar refractivity (Wildman–Crippen MR) is 128 cm³/mol. The van der Waals surface area contributed by atoms with Crippen molar-refractivity contribution in [2.24, 2.45) is 0 Å². The highest BCUT2D eigenvalue weighted by Crippen LogP contribution is 2.40. The molecule has 0 fully saturated rings. The van der Waals surface area contributed by atoms with Crippen LogP contribution >= 0.6 is 34.5 Å². The van der Waals surface area contributed by atoms with Gasteiger partial charge in [0, 0.05) is 11.6 Å². The van der Waals surface area contributed by atoms with Crippen LogP contribution in [0, 0.1) is 0 Å². The molecule has 0 spiro atoms. The van der Waals surface area contributed by atoms with E-state index in [4.69, 9.17) is 27.9 Å². The summed E-state index contributed by atoms with van der Waals surface area (Å²) in [7, 11) is 0. The number of H-pyrrole nitrogens is 1. The number of halogens is 2. The number of ether oxygens (including phenoxy) is 1. The summed E-state index contributed by atoms with van der Waals surface area (Å²) in [6.45, 7) is 0. The molecule has 0 radical (unpaired) electrons. The van der Waals surface area contributed by atoms with E-state index in [1.54, 1.807) is 18.2 Å². The number of fused-ring (bicyclic) bond motifs is 2. The third-order valence-electron chi connectivity index (χ3n) is 5.48. The number of phenolic OH excluding ortho intramolecular Hbond substituents is 1. The average molecular weight is 502 g/mol. The Hall–Kier alpha value is -3.20. The topological polar surface area (TPSA) is 103 Å². The van der Waals surface area contributed by atoms with Gasteiger partial charge >= 0.3 is 6.09 Å². The van der Waals surface area contributed by atoms with Crippen LogP contribution in [0.1, 0.15) is 27.5 Å². The number of nitrogens with one attached hydrogen (secondary N) is 3. The highest BCUT2D eigenvalue weighted by atomic mass is 35.5. The first-order valence-corrected chi connectivity index (χ1v) is 11.6. The molecular weight excluding hydrogens is 485 g/mol. The molecule has 2 atom stereocenters. The normalized spacial score (nSPS) is 17.0. The molecule has 0 saturated heterocycles. The largest absolute Gasteiger partial charge is 0.508 e. The van der Waals surface area contributed by atoms with E-state index in [9.17, 15) is 14.7 Å². The Morgan fingerprint density at radius 2 is 1.91 bits per heavy atom. The molecule has 4 aromatic rings. The summed E-state index contributed by atoms with van der Waals surface area (Å²) >= 11 is 13.4. The Kier molecular flexibility index (Phi) is 5.65. The maximum absolute atomic E-state index is 12.8. The number of aromatic amines is 1. The number of hydrogen-bond acceptors (Lipinski definition) is 5. The van der Waals surface area contributed by atoms with Gasteiger partial charge in [-0.3, -0.25) is 4.79 Å². The van der Waals surface area contributed by atoms with Gasteiger partial charge in [-0.05, 0) is 35.7 Å². The van der Waals surface area contributed by atoms with Crippen molar-refractivity contribution in [1.29, 1.82) is 0 Å². The molecule has 0 aliphatic heterocycles. The van der Waals surface area contributed by atoms with Crippen LogP contribution in [0.3, 0.4) is 0 Å². The van der Waals surface area contributed by atoms with Crippen LogP contribution in [-0.4, -0.2) is 28.1 Å². The molecule has 2 aromatic heterocycles. The summed E-state index contributed by atoms with van der Waals surface area (Å²) in [5.74, 6) is -0.118. The van der Waals surface area contributed by atoms with Crippen molar-refractivity contribution in [3.05, 3.63) is 80.6 Å². The summed E-state index contributed by atoms with van der Waals surface area (Å²) in [6, 6.07) is 14.5. The molecule has 1 aliphatic carbocycles. The van der Waals surface area contributed by atoms with E-state index in [1.165, 1.54) is 23.5 Å². The summed E-state index contributed by atoms with van der Waals surface area (Å²) in [5.41, 5.74) is 2.87. The molecule has 4 N–H and O–H groups in total. The van der Waals surface area contributed by atoms with E-state index in [0.717, 1.165) is 15.8 Å². The summed E-state index contributed by atoms with van der Waals surface area (Å²) in [5, 5.41) is 15.9. The maximum Gasteiger partial charge on any atom is 0.414 e. The van der Waals surface area contributed by atoms with Crippen molar-refractivity contribution in [3.8, 4) is 11.6 Å². The van der Waals surface area contributed by atoms with Gasteiger partial charge in [-0.25, -0.2) is 4.79 Å². The third-order valence-corrected chi connectivity index (χ3v) is 7.41. The van der Waals surface area contributed by atoms with E-state index in [0.29, 0.717) is 26.9 Å². The fraction of sp³-hybridized carbons (Fsp3) is 0.130. The Morgan fingerprint density at radius 1 is 1.09 bits per heavy atom. The second kappa shape index (κ2) is 8.62. The van der Waals surface area contributed by atoms with Crippen LogP contribution < -0.4 is 15.4 Å². The number of aromatic nitrogens is 1. The Morgan fingerprint density at radius 3 is 2.70 bits per heavy atom. The number of rotatable bonds is 4. The van der Waals surface area contributed by atoms with E-state index in [2.05, 4.69) is 15.6 Å². The number of hydrogen-bond donors (Lipinski definition) is 4. The van der Waals surface area contributed by atoms with E-state index in [1.807, 2.05) is 24.3 Å². The highest BCUT2D eigenvalue weighted by molar-refractivity contribution is 7.23. The second-order valence-electron chi connectivity index (χ2n) is 7.61. The van der Waals surface area contributed by atoms with Crippen molar-refractivity contribution in [2.75, 3.05) is 0 Å².